The lowest BCUT2D eigenvalue weighted by molar-refractivity contribution is -0.0775. The third kappa shape index (κ3) is 1.78. The summed E-state index contributed by atoms with van der Waals surface area (Å²) in [6, 6.07) is 1.16. The number of aromatic nitrogens is 3. The normalized spacial score (nSPS) is 33.0. The van der Waals surface area contributed by atoms with Crippen molar-refractivity contribution in [2.45, 2.75) is 24.7 Å². The summed E-state index contributed by atoms with van der Waals surface area (Å²) in [5, 5.41) is 31.0. The standard InChI is InChI=1S/C14H18N4O3/c1-7-9(5-19)11(20)14(2,21)10(7)18-4-3-8-12(15)16-6-17-13(8)18/h3-4,6,9-11,19-21H,1,5H2,2H3,(H2,15,16,17)/t9-,10+,11+,14-/m0/s1. The van der Waals surface area contributed by atoms with E-state index in [9.17, 15) is 15.3 Å². The lowest BCUT2D eigenvalue weighted by atomic mass is 9.96. The van der Waals surface area contributed by atoms with Crippen LogP contribution in [0.5, 0.6) is 0 Å². The number of nitrogens with two attached hydrogens (primary N) is 1. The monoisotopic (exact) mass is 290 g/mol. The number of aliphatic hydroxyl groups is 3. The van der Waals surface area contributed by atoms with Crippen LogP contribution >= 0.6 is 0 Å². The molecule has 4 atom stereocenters. The van der Waals surface area contributed by atoms with Crippen molar-refractivity contribution in [1.29, 1.82) is 0 Å². The molecule has 112 valence electrons. The largest absolute Gasteiger partial charge is 0.396 e. The molecule has 3 rings (SSSR count). The lowest BCUT2D eigenvalue weighted by Gasteiger charge is -2.30. The third-order valence-corrected chi connectivity index (χ3v) is 4.38. The second-order valence-corrected chi connectivity index (χ2v) is 5.66. The molecule has 0 bridgehead atoms. The van der Waals surface area contributed by atoms with Crippen molar-refractivity contribution >= 4 is 16.9 Å². The van der Waals surface area contributed by atoms with Crippen LogP contribution < -0.4 is 5.73 Å². The zero-order valence-corrected chi connectivity index (χ0v) is 11.6. The van der Waals surface area contributed by atoms with Crippen LogP contribution in [0.4, 0.5) is 5.82 Å². The van der Waals surface area contributed by atoms with Crippen LogP contribution in [0.15, 0.2) is 30.7 Å². The van der Waals surface area contributed by atoms with Crippen molar-refractivity contribution in [3.8, 4) is 0 Å². The Hall–Kier alpha value is -1.96. The molecule has 5 N–H and O–H groups in total. The summed E-state index contributed by atoms with van der Waals surface area (Å²) in [6.45, 7) is 5.20. The first kappa shape index (κ1) is 14.0. The van der Waals surface area contributed by atoms with E-state index in [1.165, 1.54) is 13.3 Å². The third-order valence-electron chi connectivity index (χ3n) is 4.38. The number of nitrogens with zero attached hydrogens (tertiary/aromatic N) is 3. The van der Waals surface area contributed by atoms with E-state index in [4.69, 9.17) is 5.73 Å². The molecule has 0 aliphatic heterocycles. The van der Waals surface area contributed by atoms with Crippen molar-refractivity contribution < 1.29 is 15.3 Å². The molecule has 1 saturated carbocycles. The minimum absolute atomic E-state index is 0.275. The number of hydrogen-bond acceptors (Lipinski definition) is 6. The van der Waals surface area contributed by atoms with E-state index in [2.05, 4.69) is 16.5 Å². The van der Waals surface area contributed by atoms with Gasteiger partial charge in [0.15, 0.2) is 0 Å². The molecule has 7 nitrogen and oxygen atoms in total. The van der Waals surface area contributed by atoms with Gasteiger partial charge in [-0.3, -0.25) is 0 Å². The Morgan fingerprint density at radius 1 is 1.48 bits per heavy atom. The number of fused-ring (bicyclic) bond motifs is 1. The van der Waals surface area contributed by atoms with E-state index in [1.807, 2.05) is 0 Å². The van der Waals surface area contributed by atoms with E-state index in [-0.39, 0.29) is 6.61 Å². The molecule has 0 radical (unpaired) electrons. The van der Waals surface area contributed by atoms with Gasteiger partial charge in [-0.2, -0.15) is 0 Å². The number of nitrogen functional groups attached to an aromatic ring is 1. The van der Waals surface area contributed by atoms with Gasteiger partial charge >= 0.3 is 0 Å². The van der Waals surface area contributed by atoms with E-state index in [1.54, 1.807) is 16.8 Å². The highest BCUT2D eigenvalue weighted by Gasteiger charge is 2.54. The van der Waals surface area contributed by atoms with Crippen molar-refractivity contribution in [1.82, 2.24) is 14.5 Å². The summed E-state index contributed by atoms with van der Waals surface area (Å²) < 4.78 is 1.72. The molecule has 0 spiro atoms. The fourth-order valence-corrected chi connectivity index (χ4v) is 3.23. The molecule has 2 heterocycles. The van der Waals surface area contributed by atoms with E-state index in [0.29, 0.717) is 22.4 Å². The van der Waals surface area contributed by atoms with Crippen molar-refractivity contribution in [3.63, 3.8) is 0 Å². The van der Waals surface area contributed by atoms with Crippen LogP contribution in [0.1, 0.15) is 13.0 Å². The second-order valence-electron chi connectivity index (χ2n) is 5.66. The van der Waals surface area contributed by atoms with Crippen LogP contribution in [0.3, 0.4) is 0 Å². The van der Waals surface area contributed by atoms with Crippen LogP contribution in [-0.4, -0.2) is 48.2 Å². The molecule has 1 aliphatic carbocycles. The maximum Gasteiger partial charge on any atom is 0.146 e. The van der Waals surface area contributed by atoms with Crippen molar-refractivity contribution in [3.05, 3.63) is 30.7 Å². The van der Waals surface area contributed by atoms with Crippen LogP contribution in [-0.2, 0) is 0 Å². The number of anilines is 1. The Morgan fingerprint density at radius 3 is 2.81 bits per heavy atom. The van der Waals surface area contributed by atoms with Gasteiger partial charge in [0.1, 0.15) is 23.4 Å². The second kappa shape index (κ2) is 4.52. The molecule has 0 unspecified atom stereocenters. The smallest absolute Gasteiger partial charge is 0.146 e. The highest BCUT2D eigenvalue weighted by atomic mass is 16.3. The Labute approximate surface area is 121 Å². The van der Waals surface area contributed by atoms with Gasteiger partial charge in [-0.05, 0) is 18.6 Å². The minimum atomic E-state index is -1.46. The summed E-state index contributed by atoms with van der Waals surface area (Å²) in [6.07, 6.45) is 1.98. The van der Waals surface area contributed by atoms with Gasteiger partial charge in [0.2, 0.25) is 0 Å². The Kier molecular flexibility index (Phi) is 3.01. The zero-order chi connectivity index (χ0) is 15.4. The molecule has 1 aliphatic rings. The Morgan fingerprint density at radius 2 is 2.19 bits per heavy atom. The molecular weight excluding hydrogens is 272 g/mol. The molecule has 2 aromatic heterocycles. The average Bonchev–Trinajstić information content (AvgIpc) is 2.90. The quantitative estimate of drug-likeness (QED) is 0.571. The van der Waals surface area contributed by atoms with Gasteiger partial charge in [0.05, 0.1) is 24.1 Å². The first-order valence-electron chi connectivity index (χ1n) is 6.66. The molecule has 2 aromatic rings. The predicted molar refractivity (Wildman–Crippen MR) is 77.3 cm³/mol. The SMILES string of the molecule is C=C1[C@H](CO)[C@@H](O)[C@@](C)(O)[C@@H]1n1ccc2c(N)ncnc21. The molecule has 21 heavy (non-hydrogen) atoms. The van der Waals surface area contributed by atoms with Crippen molar-refractivity contribution in [2.75, 3.05) is 12.3 Å². The van der Waals surface area contributed by atoms with E-state index < -0.39 is 23.7 Å². The maximum absolute atomic E-state index is 10.7. The lowest BCUT2D eigenvalue weighted by Crippen LogP contribution is -2.42. The summed E-state index contributed by atoms with van der Waals surface area (Å²) in [4.78, 5) is 8.13. The summed E-state index contributed by atoms with van der Waals surface area (Å²) >= 11 is 0. The van der Waals surface area contributed by atoms with Crippen molar-refractivity contribution in [2.24, 2.45) is 5.92 Å². The zero-order valence-electron chi connectivity index (χ0n) is 11.6. The minimum Gasteiger partial charge on any atom is -0.396 e. The summed E-state index contributed by atoms with van der Waals surface area (Å²) in [5.41, 5.74) is 5.47. The van der Waals surface area contributed by atoms with E-state index in [0.717, 1.165) is 0 Å². The van der Waals surface area contributed by atoms with Gasteiger partial charge in [0.25, 0.3) is 0 Å². The average molecular weight is 290 g/mol. The maximum atomic E-state index is 10.7. The molecule has 0 saturated heterocycles. The first-order valence-corrected chi connectivity index (χ1v) is 6.66. The van der Waals surface area contributed by atoms with Gasteiger partial charge in [-0.25, -0.2) is 9.97 Å². The van der Waals surface area contributed by atoms with E-state index >= 15 is 0 Å². The van der Waals surface area contributed by atoms with Gasteiger partial charge in [-0.1, -0.05) is 6.58 Å². The van der Waals surface area contributed by atoms with Gasteiger partial charge in [-0.15, -0.1) is 0 Å². The molecule has 0 amide bonds. The Bertz CT molecular complexity index is 709. The van der Waals surface area contributed by atoms with Gasteiger partial charge < -0.3 is 25.6 Å². The fraction of sp³-hybridized carbons (Fsp3) is 0.429. The Balaban J connectivity index is 2.18. The fourth-order valence-electron chi connectivity index (χ4n) is 3.23. The van der Waals surface area contributed by atoms with Gasteiger partial charge in [0, 0.05) is 12.1 Å². The van der Waals surface area contributed by atoms with Crippen LogP contribution in [0, 0.1) is 5.92 Å². The number of aliphatic hydroxyl groups excluding tert-OH is 2. The number of rotatable bonds is 2. The summed E-state index contributed by atoms with van der Waals surface area (Å²) in [7, 11) is 0. The molecule has 7 heteroatoms. The molecular formula is C14H18N4O3. The first-order chi connectivity index (χ1) is 9.89. The highest BCUT2D eigenvalue weighted by molar-refractivity contribution is 5.86. The topological polar surface area (TPSA) is 117 Å². The predicted octanol–water partition coefficient (Wildman–Crippen LogP) is -0.155. The number of hydrogen-bond donors (Lipinski definition) is 4. The molecule has 1 fully saturated rings. The molecule has 0 aromatic carbocycles. The summed E-state index contributed by atoms with van der Waals surface area (Å²) in [5.74, 6) is -0.233. The van der Waals surface area contributed by atoms with Crippen LogP contribution in [0.2, 0.25) is 0 Å². The highest BCUT2D eigenvalue weighted by Crippen LogP contribution is 2.47. The van der Waals surface area contributed by atoms with Crippen LogP contribution in [0.25, 0.3) is 11.0 Å².